The van der Waals surface area contributed by atoms with Gasteiger partial charge in [0, 0.05) is 0 Å². The molecular formula is C11H17N3OS. The molecule has 1 aromatic rings. The van der Waals surface area contributed by atoms with E-state index in [4.69, 9.17) is 4.52 Å². The number of nitrogens with one attached hydrogen (secondary N) is 1. The Morgan fingerprint density at radius 2 is 2.25 bits per heavy atom. The molecule has 2 fully saturated rings. The molecule has 4 nitrogen and oxygen atoms in total. The minimum absolute atomic E-state index is 0.301. The summed E-state index contributed by atoms with van der Waals surface area (Å²) in [6, 6.07) is 0.301. The predicted octanol–water partition coefficient (Wildman–Crippen LogP) is 2.45. The Kier molecular flexibility index (Phi) is 3.15. The van der Waals surface area contributed by atoms with Crippen LogP contribution in [-0.4, -0.2) is 22.4 Å². The molecule has 0 saturated carbocycles. The first kappa shape index (κ1) is 10.6. The lowest BCUT2D eigenvalue weighted by Gasteiger charge is -2.17. The molecule has 1 aromatic heterocycles. The minimum atomic E-state index is 0.301. The van der Waals surface area contributed by atoms with Gasteiger partial charge in [0.25, 0.3) is 0 Å². The molecule has 1 unspecified atom stereocenters. The van der Waals surface area contributed by atoms with Crippen molar-refractivity contribution in [3.63, 3.8) is 0 Å². The summed E-state index contributed by atoms with van der Waals surface area (Å²) < 4.78 is 5.36. The number of aromatic nitrogens is 2. The molecule has 1 N–H and O–H groups in total. The van der Waals surface area contributed by atoms with Gasteiger partial charge in [-0.15, -0.1) is 0 Å². The van der Waals surface area contributed by atoms with Crippen LogP contribution in [0.2, 0.25) is 0 Å². The van der Waals surface area contributed by atoms with Crippen molar-refractivity contribution in [1.29, 1.82) is 0 Å². The van der Waals surface area contributed by atoms with Crippen molar-refractivity contribution in [2.24, 2.45) is 0 Å². The van der Waals surface area contributed by atoms with E-state index in [1.165, 1.54) is 31.4 Å². The topological polar surface area (TPSA) is 51.0 Å². The Bertz CT molecular complexity index is 343. The van der Waals surface area contributed by atoms with E-state index in [1.807, 2.05) is 11.8 Å². The quantitative estimate of drug-likeness (QED) is 0.859. The molecule has 0 aliphatic carbocycles. The molecule has 0 amide bonds. The summed E-state index contributed by atoms with van der Waals surface area (Å²) in [7, 11) is 0. The second kappa shape index (κ2) is 4.75. The summed E-state index contributed by atoms with van der Waals surface area (Å²) in [5, 5.41) is 7.99. The molecule has 3 heterocycles. The van der Waals surface area contributed by atoms with Crippen LogP contribution in [0.15, 0.2) is 4.52 Å². The highest BCUT2D eigenvalue weighted by molar-refractivity contribution is 7.99. The summed E-state index contributed by atoms with van der Waals surface area (Å²) in [5.74, 6) is 2.93. The molecule has 2 aliphatic heterocycles. The van der Waals surface area contributed by atoms with Gasteiger partial charge < -0.3 is 9.84 Å². The molecule has 3 rings (SSSR count). The van der Waals surface area contributed by atoms with Gasteiger partial charge in [-0.3, -0.25) is 0 Å². The Morgan fingerprint density at radius 3 is 3.00 bits per heavy atom. The van der Waals surface area contributed by atoms with E-state index in [0.717, 1.165) is 24.7 Å². The van der Waals surface area contributed by atoms with Gasteiger partial charge in [-0.1, -0.05) is 11.6 Å². The molecule has 2 saturated heterocycles. The van der Waals surface area contributed by atoms with Crippen LogP contribution in [0.25, 0.3) is 0 Å². The van der Waals surface area contributed by atoms with Crippen LogP contribution in [0.1, 0.15) is 55.1 Å². The van der Waals surface area contributed by atoms with Gasteiger partial charge in [0.15, 0.2) is 5.82 Å². The molecular weight excluding hydrogens is 222 g/mol. The summed E-state index contributed by atoms with van der Waals surface area (Å²) in [4.78, 5) is 4.55. The fraction of sp³-hybridized carbons (Fsp3) is 0.818. The zero-order chi connectivity index (χ0) is 10.8. The van der Waals surface area contributed by atoms with Crippen molar-refractivity contribution >= 4 is 11.8 Å². The fourth-order valence-electron chi connectivity index (χ4n) is 2.36. The standard InChI is InChI=1S/C11H17N3OS/c1-2-7-16-9(5-1)10-13-11(15-14-10)8-4-3-6-12-8/h8-9,12H,1-7H2/t8-,9?/m1/s1. The van der Waals surface area contributed by atoms with Crippen LogP contribution in [0, 0.1) is 0 Å². The van der Waals surface area contributed by atoms with Crippen LogP contribution in [0.4, 0.5) is 0 Å². The minimum Gasteiger partial charge on any atom is -0.338 e. The van der Waals surface area contributed by atoms with Gasteiger partial charge in [-0.05, 0) is 38.0 Å². The first-order chi connectivity index (χ1) is 7.93. The zero-order valence-electron chi connectivity index (χ0n) is 9.32. The molecule has 5 heteroatoms. The summed E-state index contributed by atoms with van der Waals surface area (Å²) in [6.07, 6.45) is 6.15. The van der Waals surface area contributed by atoms with Crippen LogP contribution in [-0.2, 0) is 0 Å². The smallest absolute Gasteiger partial charge is 0.243 e. The Labute approximate surface area is 99.6 Å². The van der Waals surface area contributed by atoms with Crippen LogP contribution in [0.3, 0.4) is 0 Å². The molecule has 16 heavy (non-hydrogen) atoms. The van der Waals surface area contributed by atoms with E-state index in [0.29, 0.717) is 11.3 Å². The average molecular weight is 239 g/mol. The van der Waals surface area contributed by atoms with Gasteiger partial charge in [0.1, 0.15) is 0 Å². The summed E-state index contributed by atoms with van der Waals surface area (Å²) >= 11 is 1.97. The SMILES string of the molecule is C1CCC(c2noc([C@H]3CCCN3)n2)SC1. The first-order valence-corrected chi connectivity index (χ1v) is 7.17. The molecule has 2 aliphatic rings. The first-order valence-electron chi connectivity index (χ1n) is 6.12. The zero-order valence-corrected chi connectivity index (χ0v) is 10.1. The lowest BCUT2D eigenvalue weighted by Crippen LogP contribution is -2.13. The van der Waals surface area contributed by atoms with Gasteiger partial charge in [0.2, 0.25) is 5.89 Å². The third kappa shape index (κ3) is 2.11. The van der Waals surface area contributed by atoms with Gasteiger partial charge in [-0.25, -0.2) is 0 Å². The maximum Gasteiger partial charge on any atom is 0.243 e. The number of hydrogen-bond donors (Lipinski definition) is 1. The molecule has 0 spiro atoms. The van der Waals surface area contributed by atoms with Gasteiger partial charge in [0.05, 0.1) is 11.3 Å². The van der Waals surface area contributed by atoms with E-state index in [1.54, 1.807) is 0 Å². The lowest BCUT2D eigenvalue weighted by molar-refractivity contribution is 0.340. The van der Waals surface area contributed by atoms with E-state index >= 15 is 0 Å². The highest BCUT2D eigenvalue weighted by Gasteiger charge is 2.26. The monoisotopic (exact) mass is 239 g/mol. The largest absolute Gasteiger partial charge is 0.338 e. The van der Waals surface area contributed by atoms with Crippen molar-refractivity contribution in [2.45, 2.75) is 43.4 Å². The molecule has 88 valence electrons. The normalized spacial score (nSPS) is 30.8. The van der Waals surface area contributed by atoms with Gasteiger partial charge in [-0.2, -0.15) is 16.7 Å². The van der Waals surface area contributed by atoms with Crippen LogP contribution >= 0.6 is 11.8 Å². The highest BCUT2D eigenvalue weighted by atomic mass is 32.2. The van der Waals surface area contributed by atoms with E-state index in [2.05, 4.69) is 15.5 Å². The second-order valence-electron chi connectivity index (χ2n) is 4.49. The Hall–Kier alpha value is -0.550. The second-order valence-corrected chi connectivity index (χ2v) is 5.81. The third-order valence-electron chi connectivity index (χ3n) is 3.28. The van der Waals surface area contributed by atoms with Crippen molar-refractivity contribution in [3.8, 4) is 0 Å². The molecule has 0 bridgehead atoms. The molecule has 0 aromatic carbocycles. The van der Waals surface area contributed by atoms with E-state index in [9.17, 15) is 0 Å². The number of rotatable bonds is 2. The number of nitrogens with zero attached hydrogens (tertiary/aromatic N) is 2. The number of hydrogen-bond acceptors (Lipinski definition) is 5. The predicted molar refractivity (Wildman–Crippen MR) is 63.3 cm³/mol. The third-order valence-corrected chi connectivity index (χ3v) is 4.66. The average Bonchev–Trinajstić information content (AvgIpc) is 3.01. The molecule has 0 radical (unpaired) electrons. The number of thioether (sulfide) groups is 1. The Morgan fingerprint density at radius 1 is 1.25 bits per heavy atom. The lowest BCUT2D eigenvalue weighted by atomic mass is 10.2. The van der Waals surface area contributed by atoms with Crippen LogP contribution in [0.5, 0.6) is 0 Å². The fourth-order valence-corrected chi connectivity index (χ4v) is 3.59. The highest BCUT2D eigenvalue weighted by Crippen LogP contribution is 2.37. The van der Waals surface area contributed by atoms with Crippen molar-refractivity contribution in [3.05, 3.63) is 11.7 Å². The van der Waals surface area contributed by atoms with Gasteiger partial charge >= 0.3 is 0 Å². The summed E-state index contributed by atoms with van der Waals surface area (Å²) in [5.41, 5.74) is 0. The van der Waals surface area contributed by atoms with E-state index in [-0.39, 0.29) is 0 Å². The molecule has 2 atom stereocenters. The van der Waals surface area contributed by atoms with Crippen LogP contribution < -0.4 is 5.32 Å². The van der Waals surface area contributed by atoms with Crippen molar-refractivity contribution in [1.82, 2.24) is 15.5 Å². The Balaban J connectivity index is 1.71. The van der Waals surface area contributed by atoms with Crippen molar-refractivity contribution < 1.29 is 4.52 Å². The van der Waals surface area contributed by atoms with Crippen molar-refractivity contribution in [2.75, 3.05) is 12.3 Å². The maximum atomic E-state index is 5.36. The maximum absolute atomic E-state index is 5.36. The van der Waals surface area contributed by atoms with E-state index < -0.39 is 0 Å². The summed E-state index contributed by atoms with van der Waals surface area (Å²) in [6.45, 7) is 1.07.